The maximum absolute atomic E-state index is 14.6. The van der Waals surface area contributed by atoms with Crippen LogP contribution in [0.4, 0.5) is 5.69 Å². The van der Waals surface area contributed by atoms with Gasteiger partial charge in [-0.3, -0.25) is 13.9 Å². The van der Waals surface area contributed by atoms with E-state index in [2.05, 4.69) is 5.32 Å². The van der Waals surface area contributed by atoms with Crippen LogP contribution in [-0.4, -0.2) is 43.8 Å². The minimum Gasteiger partial charge on any atom is -0.352 e. The number of aryl methyl sites for hydroxylation is 2. The molecule has 0 radical (unpaired) electrons. The third-order valence-corrected chi connectivity index (χ3v) is 10.6. The Bertz CT molecular complexity index is 1760. The highest BCUT2D eigenvalue weighted by Crippen LogP contribution is 2.28. The van der Waals surface area contributed by atoms with Crippen LogP contribution >= 0.6 is 11.6 Å². The number of halogens is 1. The largest absolute Gasteiger partial charge is 0.352 e. The summed E-state index contributed by atoms with van der Waals surface area (Å²) in [5.74, 6) is -0.741. The van der Waals surface area contributed by atoms with Crippen molar-refractivity contribution >= 4 is 39.1 Å². The van der Waals surface area contributed by atoms with Crippen LogP contribution in [0.3, 0.4) is 0 Å². The van der Waals surface area contributed by atoms with Gasteiger partial charge in [0.1, 0.15) is 12.6 Å². The van der Waals surface area contributed by atoms with Gasteiger partial charge in [0.15, 0.2) is 0 Å². The summed E-state index contributed by atoms with van der Waals surface area (Å²) in [6.07, 6.45) is 4.16. The molecule has 1 aliphatic carbocycles. The van der Waals surface area contributed by atoms with Crippen molar-refractivity contribution in [1.29, 1.82) is 0 Å². The Balaban J connectivity index is 1.57. The topological polar surface area (TPSA) is 86.8 Å². The molecule has 1 saturated carbocycles. The number of hydrogen-bond acceptors (Lipinski definition) is 4. The van der Waals surface area contributed by atoms with Gasteiger partial charge >= 0.3 is 0 Å². The Hall–Kier alpha value is -4.14. The van der Waals surface area contributed by atoms with Crippen molar-refractivity contribution in [3.05, 3.63) is 130 Å². The number of carbonyl (C=O) groups excluding carboxylic acids is 2. The minimum absolute atomic E-state index is 0.0473. The number of amides is 2. The van der Waals surface area contributed by atoms with Crippen LogP contribution in [0.5, 0.6) is 0 Å². The molecule has 46 heavy (non-hydrogen) atoms. The number of anilines is 1. The fourth-order valence-electron chi connectivity index (χ4n) is 5.89. The zero-order valence-corrected chi connectivity index (χ0v) is 27.8. The van der Waals surface area contributed by atoms with Gasteiger partial charge in [0.2, 0.25) is 11.8 Å². The van der Waals surface area contributed by atoms with E-state index in [-0.39, 0.29) is 35.5 Å². The molecule has 0 aliphatic heterocycles. The van der Waals surface area contributed by atoms with Crippen molar-refractivity contribution in [3.8, 4) is 0 Å². The molecule has 1 fully saturated rings. The molecule has 4 aromatic carbocycles. The zero-order valence-electron chi connectivity index (χ0n) is 26.2. The summed E-state index contributed by atoms with van der Waals surface area (Å²) in [6.45, 7) is 3.45. The SMILES string of the molecule is Cc1ccc(S(=O)(=O)N(CC(=O)N(Cc2ccccc2C)[C@@H](Cc2ccccc2)C(=O)NC2CCCC2)c2cccc(Cl)c2)cc1. The number of nitrogens with zero attached hydrogens (tertiary/aromatic N) is 2. The molecule has 4 aromatic rings. The quantitative estimate of drug-likeness (QED) is 0.181. The van der Waals surface area contributed by atoms with Gasteiger partial charge in [-0.05, 0) is 73.7 Å². The second-order valence-corrected chi connectivity index (χ2v) is 14.2. The molecule has 0 unspecified atom stereocenters. The van der Waals surface area contributed by atoms with E-state index >= 15 is 0 Å². The molecule has 5 rings (SSSR count). The van der Waals surface area contributed by atoms with Gasteiger partial charge in [-0.1, -0.05) is 103 Å². The summed E-state index contributed by atoms with van der Waals surface area (Å²) in [5.41, 5.74) is 3.90. The number of carbonyl (C=O) groups is 2. The second-order valence-electron chi connectivity index (χ2n) is 11.9. The third-order valence-electron chi connectivity index (χ3n) is 8.56. The number of hydrogen-bond donors (Lipinski definition) is 1. The van der Waals surface area contributed by atoms with E-state index in [9.17, 15) is 18.0 Å². The smallest absolute Gasteiger partial charge is 0.264 e. The highest BCUT2D eigenvalue weighted by Gasteiger charge is 2.35. The molecule has 9 heteroatoms. The molecular formula is C37H40ClN3O4S. The molecular weight excluding hydrogens is 618 g/mol. The van der Waals surface area contributed by atoms with E-state index in [1.165, 1.54) is 18.2 Å². The molecule has 2 amide bonds. The van der Waals surface area contributed by atoms with Crippen LogP contribution in [0.2, 0.25) is 5.02 Å². The van der Waals surface area contributed by atoms with E-state index in [1.807, 2.05) is 68.4 Å². The summed E-state index contributed by atoms with van der Waals surface area (Å²) in [4.78, 5) is 30.4. The number of rotatable bonds is 12. The first-order valence-electron chi connectivity index (χ1n) is 15.6. The van der Waals surface area contributed by atoms with Gasteiger partial charge < -0.3 is 10.2 Å². The molecule has 240 valence electrons. The Kier molecular flexibility index (Phi) is 10.8. The highest BCUT2D eigenvalue weighted by atomic mass is 35.5. The van der Waals surface area contributed by atoms with Gasteiger partial charge in [-0.25, -0.2) is 8.42 Å². The molecule has 1 aliphatic rings. The van der Waals surface area contributed by atoms with Crippen molar-refractivity contribution in [2.45, 2.75) is 69.5 Å². The maximum Gasteiger partial charge on any atom is 0.264 e. The average molecular weight is 658 g/mol. The van der Waals surface area contributed by atoms with Gasteiger partial charge in [-0.2, -0.15) is 0 Å². The van der Waals surface area contributed by atoms with E-state index in [0.29, 0.717) is 5.02 Å². The summed E-state index contributed by atoms with van der Waals surface area (Å²) in [7, 11) is -4.19. The summed E-state index contributed by atoms with van der Waals surface area (Å²) in [6, 6.07) is 29.4. The van der Waals surface area contributed by atoms with Crippen LogP contribution < -0.4 is 9.62 Å². The van der Waals surface area contributed by atoms with Gasteiger partial charge in [-0.15, -0.1) is 0 Å². The molecule has 0 saturated heterocycles. The van der Waals surface area contributed by atoms with Crippen LogP contribution in [0.15, 0.2) is 108 Å². The van der Waals surface area contributed by atoms with Crippen LogP contribution in [0, 0.1) is 13.8 Å². The third kappa shape index (κ3) is 8.17. The average Bonchev–Trinajstić information content (AvgIpc) is 3.56. The number of benzene rings is 4. The van der Waals surface area contributed by atoms with Crippen LogP contribution in [0.25, 0.3) is 0 Å². The molecule has 0 bridgehead atoms. The normalized spacial score (nSPS) is 14.1. The fraction of sp³-hybridized carbons (Fsp3) is 0.297. The van der Waals surface area contributed by atoms with Gasteiger partial charge in [0.05, 0.1) is 10.6 Å². The van der Waals surface area contributed by atoms with Crippen molar-refractivity contribution in [2.24, 2.45) is 0 Å². The number of nitrogens with one attached hydrogen (secondary N) is 1. The molecule has 7 nitrogen and oxygen atoms in total. The summed E-state index contributed by atoms with van der Waals surface area (Å²) < 4.78 is 29.5. The van der Waals surface area contributed by atoms with Gasteiger partial charge in [0, 0.05) is 24.0 Å². The Labute approximate surface area is 277 Å². The van der Waals surface area contributed by atoms with E-state index < -0.39 is 28.5 Å². The first-order valence-corrected chi connectivity index (χ1v) is 17.5. The Morgan fingerprint density at radius 3 is 2.22 bits per heavy atom. The molecule has 0 spiro atoms. The zero-order chi connectivity index (χ0) is 32.7. The standard InChI is InChI=1S/C37H40ClN3O4S/c1-27-19-21-34(22-20-27)46(44,45)41(33-18-10-15-31(38)24-33)26-36(42)40(25-30-14-7-6-11-28(30)2)35(23-29-12-4-3-5-13-29)37(43)39-32-16-8-9-17-32/h3-7,10-15,18-22,24,32,35H,8-9,16-17,23,25-26H2,1-2H3,(H,39,43)/t35-/m0/s1. The van der Waals surface area contributed by atoms with Crippen LogP contribution in [-0.2, 0) is 32.6 Å². The summed E-state index contributed by atoms with van der Waals surface area (Å²) in [5, 5.41) is 3.54. The lowest BCUT2D eigenvalue weighted by Crippen LogP contribution is -2.54. The first-order chi connectivity index (χ1) is 22.1. The predicted molar refractivity (Wildman–Crippen MR) is 183 cm³/mol. The fourth-order valence-corrected chi connectivity index (χ4v) is 7.48. The monoisotopic (exact) mass is 657 g/mol. The molecule has 0 aromatic heterocycles. The van der Waals surface area contributed by atoms with Crippen molar-refractivity contribution in [1.82, 2.24) is 10.2 Å². The van der Waals surface area contributed by atoms with E-state index in [1.54, 1.807) is 35.2 Å². The Morgan fingerprint density at radius 2 is 1.54 bits per heavy atom. The lowest BCUT2D eigenvalue weighted by atomic mass is 10.0. The lowest BCUT2D eigenvalue weighted by Gasteiger charge is -2.34. The van der Waals surface area contributed by atoms with Crippen LogP contribution in [0.1, 0.15) is 47.9 Å². The van der Waals surface area contributed by atoms with E-state index in [0.717, 1.165) is 52.2 Å². The van der Waals surface area contributed by atoms with Crippen molar-refractivity contribution < 1.29 is 18.0 Å². The molecule has 1 N–H and O–H groups in total. The lowest BCUT2D eigenvalue weighted by molar-refractivity contribution is -0.140. The van der Waals surface area contributed by atoms with Crippen molar-refractivity contribution in [2.75, 3.05) is 10.8 Å². The Morgan fingerprint density at radius 1 is 0.870 bits per heavy atom. The first kappa shape index (κ1) is 33.2. The van der Waals surface area contributed by atoms with Crippen molar-refractivity contribution in [3.63, 3.8) is 0 Å². The molecule has 0 heterocycles. The minimum atomic E-state index is -4.19. The number of sulfonamides is 1. The molecule has 1 atom stereocenters. The highest BCUT2D eigenvalue weighted by molar-refractivity contribution is 7.92. The second kappa shape index (κ2) is 15.0. The van der Waals surface area contributed by atoms with Gasteiger partial charge in [0.25, 0.3) is 10.0 Å². The summed E-state index contributed by atoms with van der Waals surface area (Å²) >= 11 is 6.32. The maximum atomic E-state index is 14.6. The predicted octanol–water partition coefficient (Wildman–Crippen LogP) is 6.85. The van der Waals surface area contributed by atoms with E-state index in [4.69, 9.17) is 11.6 Å².